The summed E-state index contributed by atoms with van der Waals surface area (Å²) >= 11 is 5.90. The summed E-state index contributed by atoms with van der Waals surface area (Å²) in [6.45, 7) is -0.0140. The predicted molar refractivity (Wildman–Crippen MR) is 84.2 cm³/mol. The van der Waals surface area contributed by atoms with Crippen molar-refractivity contribution in [1.82, 2.24) is 14.7 Å². The minimum atomic E-state index is -4.69. The maximum Gasteiger partial charge on any atom is 0.421 e. The van der Waals surface area contributed by atoms with Gasteiger partial charge in [-0.2, -0.15) is 18.2 Å². The van der Waals surface area contributed by atoms with Crippen molar-refractivity contribution < 1.29 is 17.7 Å². The number of hydrogen-bond donors (Lipinski definition) is 0. The van der Waals surface area contributed by atoms with Crippen molar-refractivity contribution in [2.24, 2.45) is 0 Å². The van der Waals surface area contributed by atoms with Gasteiger partial charge in [-0.3, -0.25) is 4.79 Å². The van der Waals surface area contributed by atoms with Crippen LogP contribution >= 0.6 is 11.6 Å². The monoisotopic (exact) mass is 369 g/mol. The average Bonchev–Trinajstić information content (AvgIpc) is 3.02. The number of hydrogen-bond acceptors (Lipinski definition) is 4. The van der Waals surface area contributed by atoms with E-state index in [2.05, 4.69) is 10.1 Å². The van der Waals surface area contributed by atoms with Gasteiger partial charge >= 0.3 is 6.18 Å². The second-order valence-corrected chi connectivity index (χ2v) is 5.63. The number of rotatable bonds is 4. The van der Waals surface area contributed by atoms with Gasteiger partial charge in [-0.1, -0.05) is 28.9 Å². The average molecular weight is 370 g/mol. The van der Waals surface area contributed by atoms with E-state index in [1.807, 2.05) is 0 Å². The normalized spacial score (nSPS) is 11.7. The molecule has 0 fully saturated rings. The van der Waals surface area contributed by atoms with Gasteiger partial charge in [-0.15, -0.1) is 0 Å². The Labute approximate surface area is 144 Å². The first-order valence-electron chi connectivity index (χ1n) is 7.20. The maximum absolute atomic E-state index is 12.8. The zero-order valence-corrected chi connectivity index (χ0v) is 13.4. The van der Waals surface area contributed by atoms with E-state index >= 15 is 0 Å². The number of pyridine rings is 1. The Hall–Kier alpha value is -2.61. The minimum Gasteiger partial charge on any atom is -0.339 e. The van der Waals surface area contributed by atoms with Crippen LogP contribution in [-0.2, 0) is 19.1 Å². The highest BCUT2D eigenvalue weighted by molar-refractivity contribution is 6.30. The van der Waals surface area contributed by atoms with Crippen molar-refractivity contribution in [1.29, 1.82) is 0 Å². The van der Waals surface area contributed by atoms with Crippen LogP contribution in [0.2, 0.25) is 5.02 Å². The Morgan fingerprint density at radius 3 is 2.72 bits per heavy atom. The summed E-state index contributed by atoms with van der Waals surface area (Å²) in [6.07, 6.45) is -3.29. The molecule has 25 heavy (non-hydrogen) atoms. The van der Waals surface area contributed by atoms with Crippen molar-refractivity contribution in [3.63, 3.8) is 0 Å². The van der Waals surface area contributed by atoms with Crippen LogP contribution in [0.5, 0.6) is 0 Å². The van der Waals surface area contributed by atoms with Gasteiger partial charge in [0.25, 0.3) is 5.56 Å². The Kier molecular flexibility index (Phi) is 4.63. The highest BCUT2D eigenvalue weighted by Gasteiger charge is 2.34. The molecule has 0 unspecified atom stereocenters. The molecule has 130 valence electrons. The van der Waals surface area contributed by atoms with Gasteiger partial charge in [-0.05, 0) is 24.3 Å². The Morgan fingerprint density at radius 2 is 2.00 bits per heavy atom. The van der Waals surface area contributed by atoms with Gasteiger partial charge in [0.1, 0.15) is 5.56 Å². The number of nitrogens with zero attached hydrogens (tertiary/aromatic N) is 3. The lowest BCUT2D eigenvalue weighted by Crippen LogP contribution is -2.28. The van der Waals surface area contributed by atoms with Crippen LogP contribution < -0.4 is 5.56 Å². The molecule has 2 heterocycles. The fraction of sp³-hybridized carbons (Fsp3) is 0.188. The molecular formula is C16H11ClF3N3O2. The second kappa shape index (κ2) is 6.72. The number of aryl methyl sites for hydroxylation is 2. The molecule has 0 N–H and O–H groups in total. The molecule has 0 saturated heterocycles. The van der Waals surface area contributed by atoms with Crippen LogP contribution in [0, 0.1) is 0 Å². The molecule has 0 aliphatic rings. The molecule has 2 aromatic heterocycles. The Balaban J connectivity index is 1.76. The molecule has 0 aliphatic carbocycles. The number of benzene rings is 1. The summed E-state index contributed by atoms with van der Waals surface area (Å²) in [4.78, 5) is 16.0. The molecule has 3 aromatic rings. The second-order valence-electron chi connectivity index (χ2n) is 5.19. The van der Waals surface area contributed by atoms with Crippen LogP contribution in [0.1, 0.15) is 11.5 Å². The largest absolute Gasteiger partial charge is 0.421 e. The fourth-order valence-corrected chi connectivity index (χ4v) is 2.44. The summed E-state index contributed by atoms with van der Waals surface area (Å²) in [7, 11) is 0. The first-order chi connectivity index (χ1) is 11.8. The summed E-state index contributed by atoms with van der Waals surface area (Å²) in [6, 6.07) is 8.77. The quantitative estimate of drug-likeness (QED) is 0.701. The van der Waals surface area contributed by atoms with Crippen LogP contribution in [-0.4, -0.2) is 14.7 Å². The highest BCUT2D eigenvalue weighted by Crippen LogP contribution is 2.26. The van der Waals surface area contributed by atoms with Crippen LogP contribution in [0.3, 0.4) is 0 Å². The Bertz CT molecular complexity index is 950. The topological polar surface area (TPSA) is 60.9 Å². The van der Waals surface area contributed by atoms with Crippen molar-refractivity contribution >= 4 is 11.6 Å². The van der Waals surface area contributed by atoms with Crippen molar-refractivity contribution in [2.45, 2.75) is 19.1 Å². The summed E-state index contributed by atoms with van der Waals surface area (Å²) in [5.74, 6) is 0.521. The van der Waals surface area contributed by atoms with Gasteiger partial charge in [0.15, 0.2) is 0 Å². The smallest absolute Gasteiger partial charge is 0.339 e. The molecule has 0 spiro atoms. The van der Waals surface area contributed by atoms with E-state index in [4.69, 9.17) is 16.1 Å². The molecule has 1 aromatic carbocycles. The summed E-state index contributed by atoms with van der Waals surface area (Å²) in [5.41, 5.74) is -1.66. The Morgan fingerprint density at radius 1 is 1.20 bits per heavy atom. The van der Waals surface area contributed by atoms with Crippen LogP contribution in [0.25, 0.3) is 11.4 Å². The number of aromatic nitrogens is 3. The molecule has 5 nitrogen and oxygen atoms in total. The SMILES string of the molecule is O=c1c(C(F)(F)F)cccn1CCc1nc(-c2cccc(Cl)c2)no1. The third-order valence-electron chi connectivity index (χ3n) is 3.44. The van der Waals surface area contributed by atoms with E-state index < -0.39 is 17.3 Å². The lowest BCUT2D eigenvalue weighted by atomic mass is 10.2. The van der Waals surface area contributed by atoms with E-state index in [1.54, 1.807) is 24.3 Å². The van der Waals surface area contributed by atoms with Crippen molar-refractivity contribution in [3.05, 3.63) is 69.4 Å². The maximum atomic E-state index is 12.8. The van der Waals surface area contributed by atoms with Crippen LogP contribution in [0.4, 0.5) is 13.2 Å². The first-order valence-corrected chi connectivity index (χ1v) is 7.57. The van der Waals surface area contributed by atoms with E-state index in [1.165, 1.54) is 12.3 Å². The van der Waals surface area contributed by atoms with Crippen molar-refractivity contribution in [3.8, 4) is 11.4 Å². The summed E-state index contributed by atoms with van der Waals surface area (Å²) < 4.78 is 44.3. The van der Waals surface area contributed by atoms with E-state index in [0.29, 0.717) is 16.4 Å². The highest BCUT2D eigenvalue weighted by atomic mass is 35.5. The first kappa shape index (κ1) is 17.2. The molecule has 0 atom stereocenters. The third-order valence-corrected chi connectivity index (χ3v) is 3.68. The lowest BCUT2D eigenvalue weighted by Gasteiger charge is -2.09. The van der Waals surface area contributed by atoms with Gasteiger partial charge < -0.3 is 9.09 Å². The standard InChI is InChI=1S/C16H11ClF3N3O2/c17-11-4-1-3-10(9-11)14-21-13(25-22-14)6-8-23-7-2-5-12(15(23)24)16(18,19)20/h1-5,7,9H,6,8H2. The van der Waals surface area contributed by atoms with Gasteiger partial charge in [0, 0.05) is 29.7 Å². The number of alkyl halides is 3. The predicted octanol–water partition coefficient (Wildman–Crippen LogP) is 3.81. The third kappa shape index (κ3) is 3.90. The van der Waals surface area contributed by atoms with Gasteiger partial charge in [0.2, 0.25) is 11.7 Å². The summed E-state index contributed by atoms with van der Waals surface area (Å²) in [5, 5.41) is 4.32. The van der Waals surface area contributed by atoms with E-state index in [0.717, 1.165) is 10.6 Å². The van der Waals surface area contributed by atoms with Gasteiger partial charge in [-0.25, -0.2) is 0 Å². The van der Waals surface area contributed by atoms with Crippen molar-refractivity contribution in [2.75, 3.05) is 0 Å². The molecule has 0 saturated carbocycles. The number of halogens is 4. The molecule has 0 radical (unpaired) electrons. The molecule has 0 amide bonds. The zero-order chi connectivity index (χ0) is 18.0. The van der Waals surface area contributed by atoms with Gasteiger partial charge in [0.05, 0.1) is 0 Å². The van der Waals surface area contributed by atoms with E-state index in [-0.39, 0.29) is 18.9 Å². The van der Waals surface area contributed by atoms with E-state index in [9.17, 15) is 18.0 Å². The lowest BCUT2D eigenvalue weighted by molar-refractivity contribution is -0.139. The molecule has 9 heteroatoms. The molecular weight excluding hydrogens is 359 g/mol. The molecule has 0 aliphatic heterocycles. The molecule has 3 rings (SSSR count). The van der Waals surface area contributed by atoms with Crippen LogP contribution in [0.15, 0.2) is 51.9 Å². The fourth-order valence-electron chi connectivity index (χ4n) is 2.25. The zero-order valence-electron chi connectivity index (χ0n) is 12.6. The molecule has 0 bridgehead atoms. The minimum absolute atomic E-state index is 0.0140.